The molecule has 1 aliphatic heterocycles. The van der Waals surface area contributed by atoms with Crippen LogP contribution in [0, 0.1) is 6.92 Å². The summed E-state index contributed by atoms with van der Waals surface area (Å²) in [6, 6.07) is 2.80. The predicted octanol–water partition coefficient (Wildman–Crippen LogP) is 2.37. The highest BCUT2D eigenvalue weighted by Crippen LogP contribution is 2.26. The summed E-state index contributed by atoms with van der Waals surface area (Å²) in [4.78, 5) is 4.10. The van der Waals surface area contributed by atoms with Gasteiger partial charge in [0.25, 0.3) is 0 Å². The number of nitrogens with zero attached hydrogens (tertiary/aromatic N) is 1. The van der Waals surface area contributed by atoms with Crippen LogP contribution in [0.1, 0.15) is 24.5 Å². The highest BCUT2D eigenvalue weighted by Gasteiger charge is 2.20. The second kappa shape index (κ2) is 4.99. The average Bonchev–Trinajstić information content (AvgIpc) is 2.63. The van der Waals surface area contributed by atoms with Gasteiger partial charge in [0, 0.05) is 36.0 Å². The molecule has 1 aromatic heterocycles. The molecule has 15 heavy (non-hydrogen) atoms. The number of hydrogen-bond donors (Lipinski definition) is 1. The molecule has 1 N–H and O–H groups in total. The van der Waals surface area contributed by atoms with Crippen LogP contribution in [0.15, 0.2) is 18.5 Å². The van der Waals surface area contributed by atoms with E-state index in [2.05, 4.69) is 42.0 Å². The third kappa shape index (κ3) is 2.95. The van der Waals surface area contributed by atoms with E-state index in [4.69, 9.17) is 0 Å². The van der Waals surface area contributed by atoms with Crippen LogP contribution < -0.4 is 5.32 Å². The molecule has 82 valence electrons. The van der Waals surface area contributed by atoms with E-state index >= 15 is 0 Å². The van der Waals surface area contributed by atoms with Gasteiger partial charge in [-0.1, -0.05) is 6.92 Å². The van der Waals surface area contributed by atoms with E-state index in [0.29, 0.717) is 6.04 Å². The summed E-state index contributed by atoms with van der Waals surface area (Å²) in [6.07, 6.45) is 5.11. The van der Waals surface area contributed by atoms with Crippen molar-refractivity contribution in [1.82, 2.24) is 10.3 Å². The van der Waals surface area contributed by atoms with Gasteiger partial charge in [-0.25, -0.2) is 0 Å². The maximum absolute atomic E-state index is 4.10. The van der Waals surface area contributed by atoms with Crippen molar-refractivity contribution in [3.63, 3.8) is 0 Å². The van der Waals surface area contributed by atoms with Crippen LogP contribution in [0.5, 0.6) is 0 Å². The van der Waals surface area contributed by atoms with Crippen molar-refractivity contribution in [2.75, 3.05) is 5.75 Å². The van der Waals surface area contributed by atoms with E-state index < -0.39 is 0 Å². The first kappa shape index (κ1) is 11.0. The smallest absolute Gasteiger partial charge is 0.0300 e. The van der Waals surface area contributed by atoms with Crippen LogP contribution in [-0.2, 0) is 6.54 Å². The van der Waals surface area contributed by atoms with Crippen LogP contribution in [0.25, 0.3) is 0 Å². The van der Waals surface area contributed by atoms with Crippen molar-refractivity contribution in [2.24, 2.45) is 0 Å². The maximum Gasteiger partial charge on any atom is 0.0300 e. The molecule has 2 atom stereocenters. The van der Waals surface area contributed by atoms with Crippen molar-refractivity contribution in [3.8, 4) is 0 Å². The summed E-state index contributed by atoms with van der Waals surface area (Å²) in [5, 5.41) is 4.44. The van der Waals surface area contributed by atoms with Crippen molar-refractivity contribution in [3.05, 3.63) is 29.6 Å². The average molecular weight is 222 g/mol. The lowest BCUT2D eigenvalue weighted by molar-refractivity contribution is 0.537. The highest BCUT2D eigenvalue weighted by atomic mass is 32.2. The minimum absolute atomic E-state index is 0.692. The van der Waals surface area contributed by atoms with Gasteiger partial charge in [-0.3, -0.25) is 4.98 Å². The van der Waals surface area contributed by atoms with Crippen LogP contribution >= 0.6 is 11.8 Å². The van der Waals surface area contributed by atoms with Gasteiger partial charge in [-0.05, 0) is 30.5 Å². The van der Waals surface area contributed by atoms with E-state index in [1.165, 1.54) is 23.3 Å². The first-order chi connectivity index (χ1) is 7.25. The molecule has 0 amide bonds. The van der Waals surface area contributed by atoms with E-state index in [9.17, 15) is 0 Å². The molecule has 0 spiro atoms. The summed E-state index contributed by atoms with van der Waals surface area (Å²) in [5.74, 6) is 1.26. The maximum atomic E-state index is 4.10. The lowest BCUT2D eigenvalue weighted by atomic mass is 10.1. The summed E-state index contributed by atoms with van der Waals surface area (Å²) < 4.78 is 0. The minimum atomic E-state index is 0.692. The number of aryl methyl sites for hydroxylation is 1. The Hall–Kier alpha value is -0.540. The molecule has 2 heterocycles. The highest BCUT2D eigenvalue weighted by molar-refractivity contribution is 8.00. The normalized spacial score (nSPS) is 25.7. The molecule has 0 radical (unpaired) electrons. The Kier molecular flexibility index (Phi) is 3.65. The van der Waals surface area contributed by atoms with Crippen molar-refractivity contribution in [1.29, 1.82) is 0 Å². The molecule has 2 unspecified atom stereocenters. The van der Waals surface area contributed by atoms with Gasteiger partial charge in [0.05, 0.1) is 0 Å². The summed E-state index contributed by atoms with van der Waals surface area (Å²) >= 11 is 2.07. The van der Waals surface area contributed by atoms with Gasteiger partial charge in [0.2, 0.25) is 0 Å². The number of aromatic nitrogens is 1. The van der Waals surface area contributed by atoms with E-state index in [-0.39, 0.29) is 0 Å². The van der Waals surface area contributed by atoms with E-state index in [1.807, 2.05) is 12.4 Å². The van der Waals surface area contributed by atoms with Gasteiger partial charge in [-0.2, -0.15) is 11.8 Å². The molecule has 0 aromatic carbocycles. The Balaban J connectivity index is 1.86. The third-order valence-electron chi connectivity index (χ3n) is 2.92. The molecule has 2 rings (SSSR count). The molecule has 0 bridgehead atoms. The Morgan fingerprint density at radius 1 is 1.60 bits per heavy atom. The molecule has 2 nitrogen and oxygen atoms in total. The monoisotopic (exact) mass is 222 g/mol. The first-order valence-electron chi connectivity index (χ1n) is 5.50. The fourth-order valence-electron chi connectivity index (χ4n) is 1.91. The largest absolute Gasteiger partial charge is 0.309 e. The lowest BCUT2D eigenvalue weighted by Gasteiger charge is -2.12. The Labute approximate surface area is 95.9 Å². The second-order valence-corrected chi connectivity index (χ2v) is 5.73. The zero-order valence-electron chi connectivity index (χ0n) is 9.36. The number of hydrogen-bond acceptors (Lipinski definition) is 3. The number of thioether (sulfide) groups is 1. The number of nitrogens with one attached hydrogen (secondary N) is 1. The number of rotatable bonds is 3. The van der Waals surface area contributed by atoms with Crippen LogP contribution in [0.2, 0.25) is 0 Å². The van der Waals surface area contributed by atoms with Gasteiger partial charge >= 0.3 is 0 Å². The first-order valence-corrected chi connectivity index (χ1v) is 6.55. The van der Waals surface area contributed by atoms with E-state index in [0.717, 1.165) is 11.8 Å². The van der Waals surface area contributed by atoms with Gasteiger partial charge in [0.1, 0.15) is 0 Å². The fourth-order valence-corrected chi connectivity index (χ4v) is 3.10. The topological polar surface area (TPSA) is 24.9 Å². The van der Waals surface area contributed by atoms with Crippen molar-refractivity contribution < 1.29 is 0 Å². The van der Waals surface area contributed by atoms with Gasteiger partial charge in [0.15, 0.2) is 0 Å². The Morgan fingerprint density at radius 3 is 3.13 bits per heavy atom. The minimum Gasteiger partial charge on any atom is -0.309 e. The molecule has 3 heteroatoms. The SMILES string of the molecule is Cc1cnccc1CNC1CSC(C)C1. The summed E-state index contributed by atoms with van der Waals surface area (Å²) in [7, 11) is 0. The van der Waals surface area contributed by atoms with E-state index in [1.54, 1.807) is 0 Å². The van der Waals surface area contributed by atoms with Crippen LogP contribution in [0.3, 0.4) is 0 Å². The lowest BCUT2D eigenvalue weighted by Crippen LogP contribution is -2.28. The second-order valence-electron chi connectivity index (χ2n) is 4.26. The Morgan fingerprint density at radius 2 is 2.47 bits per heavy atom. The molecule has 0 aliphatic carbocycles. The van der Waals surface area contributed by atoms with Crippen LogP contribution in [-0.4, -0.2) is 22.0 Å². The van der Waals surface area contributed by atoms with Crippen molar-refractivity contribution in [2.45, 2.75) is 38.1 Å². The zero-order chi connectivity index (χ0) is 10.7. The quantitative estimate of drug-likeness (QED) is 0.850. The van der Waals surface area contributed by atoms with Crippen LogP contribution in [0.4, 0.5) is 0 Å². The Bertz CT molecular complexity index is 327. The molecule has 1 fully saturated rings. The molecule has 1 aliphatic rings. The fraction of sp³-hybridized carbons (Fsp3) is 0.583. The molecule has 0 saturated carbocycles. The van der Waals surface area contributed by atoms with Gasteiger partial charge in [-0.15, -0.1) is 0 Å². The molecule has 1 saturated heterocycles. The number of pyridine rings is 1. The zero-order valence-corrected chi connectivity index (χ0v) is 10.2. The third-order valence-corrected chi connectivity index (χ3v) is 4.27. The molecule has 1 aromatic rings. The molecular weight excluding hydrogens is 204 g/mol. The summed E-state index contributed by atoms with van der Waals surface area (Å²) in [6.45, 7) is 5.41. The molecular formula is C12H18N2S. The summed E-state index contributed by atoms with van der Waals surface area (Å²) in [5.41, 5.74) is 2.65. The van der Waals surface area contributed by atoms with Gasteiger partial charge < -0.3 is 5.32 Å². The van der Waals surface area contributed by atoms with Crippen molar-refractivity contribution >= 4 is 11.8 Å². The standard InChI is InChI=1S/C12H18N2S/c1-9-6-13-4-3-11(9)7-14-12-5-10(2)15-8-12/h3-4,6,10,12,14H,5,7-8H2,1-2H3. The predicted molar refractivity (Wildman–Crippen MR) is 66.1 cm³/mol.